The van der Waals surface area contributed by atoms with Crippen molar-refractivity contribution in [2.75, 3.05) is 4.90 Å². The van der Waals surface area contributed by atoms with E-state index in [0.29, 0.717) is 21.9 Å². The molecule has 0 amide bonds. The maximum atomic E-state index is 10.5. The number of nitrogens with one attached hydrogen (secondary N) is 1. The molecule has 28 heavy (non-hydrogen) atoms. The van der Waals surface area contributed by atoms with Crippen molar-refractivity contribution in [3.8, 4) is 5.75 Å². The van der Waals surface area contributed by atoms with E-state index >= 15 is 0 Å². The van der Waals surface area contributed by atoms with E-state index in [4.69, 9.17) is 23.8 Å². The zero-order valence-electron chi connectivity index (χ0n) is 15.6. The summed E-state index contributed by atoms with van der Waals surface area (Å²) in [5.41, 5.74) is 2.54. The number of rotatable bonds is 4. The van der Waals surface area contributed by atoms with Crippen LogP contribution in [0.3, 0.4) is 0 Å². The summed E-state index contributed by atoms with van der Waals surface area (Å²) in [6.07, 6.45) is 5.96. The standard InChI is InChI=1S/C21H21ClN4OS/c1-13(2)25-10-8-14(12-25)20-19(16-5-3-4-9-23-16)24-21(28)26(20)17-11-15(22)6-7-18(17)27/h3-13,19-20,27H,1-2H3,(H,24,28)/t19-,20-/m0/s1. The first-order chi connectivity index (χ1) is 13.5. The van der Waals surface area contributed by atoms with Crippen molar-refractivity contribution in [3.05, 3.63) is 77.3 Å². The van der Waals surface area contributed by atoms with Gasteiger partial charge < -0.3 is 19.9 Å². The number of phenols is 1. The largest absolute Gasteiger partial charge is 0.506 e. The zero-order chi connectivity index (χ0) is 19.8. The lowest BCUT2D eigenvalue weighted by Gasteiger charge is -2.28. The molecule has 0 aliphatic carbocycles. The predicted octanol–water partition coefficient (Wildman–Crippen LogP) is 5.00. The Hall–Kier alpha value is -2.57. The maximum Gasteiger partial charge on any atom is 0.174 e. The van der Waals surface area contributed by atoms with Crippen molar-refractivity contribution in [2.24, 2.45) is 0 Å². The summed E-state index contributed by atoms with van der Waals surface area (Å²) in [6, 6.07) is 12.9. The first-order valence-corrected chi connectivity index (χ1v) is 9.91. The minimum absolute atomic E-state index is 0.128. The third-order valence-electron chi connectivity index (χ3n) is 4.97. The highest BCUT2D eigenvalue weighted by molar-refractivity contribution is 7.80. The SMILES string of the molecule is CC(C)n1ccc([C@H]2[C@H](c3ccccn3)NC(=S)N2c2cc(Cl)ccc2O)c1. The highest BCUT2D eigenvalue weighted by atomic mass is 35.5. The quantitative estimate of drug-likeness (QED) is 0.590. The Bertz CT molecular complexity index is 1000. The van der Waals surface area contributed by atoms with Gasteiger partial charge in [0, 0.05) is 29.7 Å². The van der Waals surface area contributed by atoms with Crippen LogP contribution in [0.25, 0.3) is 0 Å². The molecule has 0 unspecified atom stereocenters. The van der Waals surface area contributed by atoms with Gasteiger partial charge >= 0.3 is 0 Å². The predicted molar refractivity (Wildman–Crippen MR) is 116 cm³/mol. The number of aromatic nitrogens is 2. The zero-order valence-corrected chi connectivity index (χ0v) is 17.2. The van der Waals surface area contributed by atoms with E-state index in [0.717, 1.165) is 11.3 Å². The van der Waals surface area contributed by atoms with E-state index in [2.05, 4.69) is 47.2 Å². The number of anilines is 1. The number of pyridine rings is 1. The molecule has 1 saturated heterocycles. The number of thiocarbonyl (C=S) groups is 1. The third kappa shape index (κ3) is 3.34. The summed E-state index contributed by atoms with van der Waals surface area (Å²) < 4.78 is 2.15. The van der Waals surface area contributed by atoms with Crippen LogP contribution < -0.4 is 10.2 Å². The topological polar surface area (TPSA) is 53.3 Å². The summed E-state index contributed by atoms with van der Waals surface area (Å²) in [5.74, 6) is 0.128. The molecule has 1 aromatic carbocycles. The third-order valence-corrected chi connectivity index (χ3v) is 5.52. The van der Waals surface area contributed by atoms with Crippen molar-refractivity contribution in [3.63, 3.8) is 0 Å². The number of halogens is 1. The lowest BCUT2D eigenvalue weighted by atomic mass is 9.98. The lowest BCUT2D eigenvalue weighted by molar-refractivity contribution is 0.472. The monoisotopic (exact) mass is 412 g/mol. The highest BCUT2D eigenvalue weighted by Gasteiger charge is 2.42. The molecule has 0 radical (unpaired) electrons. The van der Waals surface area contributed by atoms with Crippen LogP contribution in [0.15, 0.2) is 61.1 Å². The molecular formula is C21H21ClN4OS. The Morgan fingerprint density at radius 2 is 2.04 bits per heavy atom. The fourth-order valence-electron chi connectivity index (χ4n) is 3.57. The molecule has 2 aromatic heterocycles. The van der Waals surface area contributed by atoms with Crippen molar-refractivity contribution in [1.82, 2.24) is 14.9 Å². The molecule has 0 saturated carbocycles. The Morgan fingerprint density at radius 3 is 2.71 bits per heavy atom. The van der Waals surface area contributed by atoms with E-state index in [1.54, 1.807) is 24.4 Å². The summed E-state index contributed by atoms with van der Waals surface area (Å²) in [5, 5.41) is 15.0. The molecule has 4 rings (SSSR count). The number of nitrogens with zero attached hydrogens (tertiary/aromatic N) is 3. The van der Waals surface area contributed by atoms with Crippen LogP contribution in [0.5, 0.6) is 5.75 Å². The van der Waals surface area contributed by atoms with Crippen LogP contribution in [0, 0.1) is 0 Å². The van der Waals surface area contributed by atoms with E-state index < -0.39 is 0 Å². The van der Waals surface area contributed by atoms with Crippen molar-refractivity contribution >= 4 is 34.6 Å². The van der Waals surface area contributed by atoms with Crippen LogP contribution >= 0.6 is 23.8 Å². The van der Waals surface area contributed by atoms with Crippen LogP contribution in [-0.4, -0.2) is 19.8 Å². The van der Waals surface area contributed by atoms with E-state index in [-0.39, 0.29) is 17.8 Å². The van der Waals surface area contributed by atoms with E-state index in [1.165, 1.54) is 0 Å². The molecule has 0 bridgehead atoms. The van der Waals surface area contributed by atoms with Crippen LogP contribution in [0.4, 0.5) is 5.69 Å². The second-order valence-electron chi connectivity index (χ2n) is 7.12. The average Bonchev–Trinajstić information content (AvgIpc) is 3.29. The minimum Gasteiger partial charge on any atom is -0.506 e. The average molecular weight is 413 g/mol. The molecule has 144 valence electrons. The number of hydrogen-bond donors (Lipinski definition) is 2. The van der Waals surface area contributed by atoms with Gasteiger partial charge in [0.15, 0.2) is 5.11 Å². The number of hydrogen-bond acceptors (Lipinski definition) is 3. The summed E-state index contributed by atoms with van der Waals surface area (Å²) in [7, 11) is 0. The van der Waals surface area contributed by atoms with Gasteiger partial charge in [-0.3, -0.25) is 4.98 Å². The number of phenolic OH excluding ortho intramolecular Hbond substituents is 1. The molecule has 1 aliphatic rings. The van der Waals surface area contributed by atoms with Gasteiger partial charge in [-0.25, -0.2) is 0 Å². The lowest BCUT2D eigenvalue weighted by Crippen LogP contribution is -2.29. The van der Waals surface area contributed by atoms with Crippen LogP contribution in [0.1, 0.15) is 43.2 Å². The molecule has 5 nitrogen and oxygen atoms in total. The van der Waals surface area contributed by atoms with Crippen LogP contribution in [0.2, 0.25) is 5.02 Å². The summed E-state index contributed by atoms with van der Waals surface area (Å²) in [4.78, 5) is 6.46. The van der Waals surface area contributed by atoms with Gasteiger partial charge in [-0.2, -0.15) is 0 Å². The van der Waals surface area contributed by atoms with Gasteiger partial charge in [-0.15, -0.1) is 0 Å². The van der Waals surface area contributed by atoms with E-state index in [9.17, 15) is 5.11 Å². The summed E-state index contributed by atoms with van der Waals surface area (Å²) >= 11 is 11.9. The molecule has 3 heterocycles. The second kappa shape index (κ2) is 7.45. The highest BCUT2D eigenvalue weighted by Crippen LogP contribution is 2.45. The molecule has 2 N–H and O–H groups in total. The molecule has 1 aliphatic heterocycles. The number of aromatic hydroxyl groups is 1. The molecule has 3 aromatic rings. The molecule has 1 fully saturated rings. The Balaban J connectivity index is 1.85. The summed E-state index contributed by atoms with van der Waals surface area (Å²) in [6.45, 7) is 4.27. The van der Waals surface area contributed by atoms with Gasteiger partial charge in [0.2, 0.25) is 0 Å². The Morgan fingerprint density at radius 1 is 1.21 bits per heavy atom. The van der Waals surface area contributed by atoms with Gasteiger partial charge in [-0.1, -0.05) is 17.7 Å². The van der Waals surface area contributed by atoms with E-state index in [1.807, 2.05) is 23.1 Å². The maximum absolute atomic E-state index is 10.5. The molecule has 0 spiro atoms. The van der Waals surface area contributed by atoms with Gasteiger partial charge in [0.25, 0.3) is 0 Å². The van der Waals surface area contributed by atoms with Gasteiger partial charge in [0.1, 0.15) is 5.75 Å². The fourth-order valence-corrected chi connectivity index (χ4v) is 4.07. The first kappa shape index (κ1) is 18.8. The smallest absolute Gasteiger partial charge is 0.174 e. The number of benzene rings is 1. The van der Waals surface area contributed by atoms with Gasteiger partial charge in [0.05, 0.1) is 23.5 Å². The van der Waals surface area contributed by atoms with Gasteiger partial charge in [-0.05, 0) is 68.0 Å². The van der Waals surface area contributed by atoms with Crippen molar-refractivity contribution in [2.45, 2.75) is 32.0 Å². The normalized spacial score (nSPS) is 19.3. The van der Waals surface area contributed by atoms with Crippen molar-refractivity contribution < 1.29 is 5.11 Å². The Kier molecular flexibility index (Phi) is 5.00. The van der Waals surface area contributed by atoms with Crippen molar-refractivity contribution in [1.29, 1.82) is 0 Å². The van der Waals surface area contributed by atoms with Crippen LogP contribution in [-0.2, 0) is 0 Å². The first-order valence-electron chi connectivity index (χ1n) is 9.12. The Labute approximate surface area is 174 Å². The molecule has 2 atom stereocenters. The molecule has 7 heteroatoms. The fraction of sp³-hybridized carbons (Fsp3) is 0.238. The molecular weight excluding hydrogens is 392 g/mol. The minimum atomic E-state index is -0.174. The second-order valence-corrected chi connectivity index (χ2v) is 7.94.